The fourth-order valence-electron chi connectivity index (χ4n) is 3.01. The molecule has 0 saturated carbocycles. The number of esters is 1. The fraction of sp³-hybridized carbons (Fsp3) is 0.200. The first-order valence-corrected chi connectivity index (χ1v) is 8.90. The van der Waals surface area contributed by atoms with Crippen LogP contribution in [0.4, 0.5) is 13.2 Å². The van der Waals surface area contributed by atoms with Gasteiger partial charge < -0.3 is 9.47 Å². The summed E-state index contributed by atoms with van der Waals surface area (Å²) in [5.41, 5.74) is 0.763. The molecule has 0 aliphatic rings. The summed E-state index contributed by atoms with van der Waals surface area (Å²) in [4.78, 5) is 17.0. The maximum atomic E-state index is 13.1. The Morgan fingerprint density at radius 3 is 2.46 bits per heavy atom. The molecule has 0 N–H and O–H groups in total. The van der Waals surface area contributed by atoms with E-state index in [1.54, 1.807) is 19.1 Å². The van der Waals surface area contributed by atoms with Gasteiger partial charge in [0, 0.05) is 21.5 Å². The molecule has 8 heteroatoms. The number of rotatable bonds is 3. The maximum Gasteiger partial charge on any atom is 0.416 e. The number of nitrogens with zero attached hydrogens (tertiary/aromatic N) is 1. The van der Waals surface area contributed by atoms with Gasteiger partial charge >= 0.3 is 12.1 Å². The van der Waals surface area contributed by atoms with E-state index < -0.39 is 17.7 Å². The van der Waals surface area contributed by atoms with E-state index in [1.165, 1.54) is 26.4 Å². The van der Waals surface area contributed by atoms with Crippen molar-refractivity contribution in [2.75, 3.05) is 14.2 Å². The minimum atomic E-state index is -4.49. The van der Waals surface area contributed by atoms with Crippen LogP contribution in [-0.4, -0.2) is 25.2 Å². The molecule has 0 bridgehead atoms. The molecular formula is C20H15BrF3NO3. The van der Waals surface area contributed by atoms with Crippen molar-refractivity contribution in [2.24, 2.45) is 0 Å². The zero-order chi connectivity index (χ0) is 20.6. The summed E-state index contributed by atoms with van der Waals surface area (Å²) >= 11 is 3.41. The van der Waals surface area contributed by atoms with Gasteiger partial charge in [-0.25, -0.2) is 9.78 Å². The van der Waals surface area contributed by atoms with Gasteiger partial charge in [-0.3, -0.25) is 0 Å². The van der Waals surface area contributed by atoms with Gasteiger partial charge in [-0.2, -0.15) is 13.2 Å². The molecular weight excluding hydrogens is 439 g/mol. The van der Waals surface area contributed by atoms with E-state index in [4.69, 9.17) is 9.47 Å². The van der Waals surface area contributed by atoms with Crippen LogP contribution < -0.4 is 4.74 Å². The van der Waals surface area contributed by atoms with Crippen molar-refractivity contribution < 1.29 is 27.4 Å². The number of pyridine rings is 1. The molecule has 0 unspecified atom stereocenters. The third-order valence-corrected chi connectivity index (χ3v) is 4.97. The van der Waals surface area contributed by atoms with Crippen molar-refractivity contribution in [1.29, 1.82) is 0 Å². The first-order valence-electron chi connectivity index (χ1n) is 8.11. The second-order valence-electron chi connectivity index (χ2n) is 6.03. The van der Waals surface area contributed by atoms with Gasteiger partial charge in [0.15, 0.2) is 0 Å². The highest BCUT2D eigenvalue weighted by atomic mass is 79.9. The van der Waals surface area contributed by atoms with Crippen LogP contribution in [0.3, 0.4) is 0 Å². The van der Waals surface area contributed by atoms with Crippen LogP contribution in [0.5, 0.6) is 5.75 Å². The number of aromatic nitrogens is 1. The summed E-state index contributed by atoms with van der Waals surface area (Å²) in [6.45, 7) is 1.63. The average molecular weight is 454 g/mol. The molecule has 3 rings (SSSR count). The van der Waals surface area contributed by atoms with Gasteiger partial charge in [0.1, 0.15) is 5.75 Å². The van der Waals surface area contributed by atoms with Crippen LogP contribution in [0.1, 0.15) is 21.5 Å². The van der Waals surface area contributed by atoms with Crippen molar-refractivity contribution in [3.8, 4) is 17.0 Å². The molecule has 0 amide bonds. The van der Waals surface area contributed by atoms with Crippen LogP contribution in [0.15, 0.2) is 40.9 Å². The molecule has 1 aromatic heterocycles. The van der Waals surface area contributed by atoms with E-state index in [-0.39, 0.29) is 16.8 Å². The van der Waals surface area contributed by atoms with Crippen molar-refractivity contribution in [1.82, 2.24) is 4.98 Å². The van der Waals surface area contributed by atoms with E-state index in [1.807, 2.05) is 0 Å². The number of fused-ring (bicyclic) bond motifs is 1. The Bertz CT molecular complexity index is 1080. The van der Waals surface area contributed by atoms with E-state index in [9.17, 15) is 18.0 Å². The minimum absolute atomic E-state index is 0.231. The zero-order valence-electron chi connectivity index (χ0n) is 15.1. The van der Waals surface area contributed by atoms with Crippen LogP contribution in [0.2, 0.25) is 0 Å². The minimum Gasteiger partial charge on any atom is -0.497 e. The molecule has 0 atom stereocenters. The molecule has 0 radical (unpaired) electrons. The quantitative estimate of drug-likeness (QED) is 0.471. The molecule has 2 aromatic carbocycles. The lowest BCUT2D eigenvalue weighted by atomic mass is 9.96. The van der Waals surface area contributed by atoms with Crippen LogP contribution in [0, 0.1) is 6.92 Å². The SMILES string of the molecule is COC(=O)c1c(C)c(-c2cccc(C(F)(F)F)c2)nc2cc(OC)cc(Br)c12. The summed E-state index contributed by atoms with van der Waals surface area (Å²) < 4.78 is 50.1. The monoisotopic (exact) mass is 453 g/mol. The highest BCUT2D eigenvalue weighted by molar-refractivity contribution is 9.10. The number of ether oxygens (including phenoxy) is 2. The third kappa shape index (κ3) is 3.56. The first-order chi connectivity index (χ1) is 13.2. The van der Waals surface area contributed by atoms with Gasteiger partial charge in [0.2, 0.25) is 0 Å². The van der Waals surface area contributed by atoms with Crippen molar-refractivity contribution in [3.05, 3.63) is 57.6 Å². The highest BCUT2D eigenvalue weighted by Crippen LogP contribution is 2.38. The predicted octanol–water partition coefficient (Wildman–Crippen LogP) is 5.79. The molecule has 3 aromatic rings. The van der Waals surface area contributed by atoms with Gasteiger partial charge in [-0.15, -0.1) is 0 Å². The number of hydrogen-bond donors (Lipinski definition) is 0. The van der Waals surface area contributed by atoms with E-state index in [2.05, 4.69) is 20.9 Å². The Kier molecular flexibility index (Phi) is 5.34. The number of benzene rings is 2. The third-order valence-electron chi connectivity index (χ3n) is 4.34. The molecule has 0 aliphatic carbocycles. The largest absolute Gasteiger partial charge is 0.497 e. The molecule has 0 spiro atoms. The molecule has 4 nitrogen and oxygen atoms in total. The van der Waals surface area contributed by atoms with Gasteiger partial charge in [0.25, 0.3) is 0 Å². The molecule has 0 saturated heterocycles. The summed E-state index contributed by atoms with van der Waals surface area (Å²) in [6.07, 6.45) is -4.49. The normalized spacial score (nSPS) is 11.5. The number of halogens is 4. The number of carbonyl (C=O) groups is 1. The summed E-state index contributed by atoms with van der Waals surface area (Å²) in [7, 11) is 2.73. The second-order valence-corrected chi connectivity index (χ2v) is 6.89. The molecule has 0 fully saturated rings. The number of alkyl halides is 3. The Labute approximate surface area is 167 Å². The summed E-state index contributed by atoms with van der Waals surface area (Å²) in [6, 6.07) is 8.12. The predicted molar refractivity (Wildman–Crippen MR) is 103 cm³/mol. The van der Waals surface area contributed by atoms with E-state index >= 15 is 0 Å². The average Bonchev–Trinajstić information content (AvgIpc) is 2.66. The lowest BCUT2D eigenvalue weighted by molar-refractivity contribution is -0.137. The molecule has 146 valence electrons. The molecule has 0 aliphatic heterocycles. The summed E-state index contributed by atoms with van der Waals surface area (Å²) in [5.74, 6) is -0.120. The number of carbonyl (C=O) groups excluding carboxylic acids is 1. The lowest BCUT2D eigenvalue weighted by Crippen LogP contribution is -2.09. The van der Waals surface area contributed by atoms with Gasteiger partial charge in [-0.05, 0) is 46.6 Å². The van der Waals surface area contributed by atoms with Gasteiger partial charge in [0.05, 0.1) is 36.6 Å². The van der Waals surface area contributed by atoms with E-state index in [0.717, 1.165) is 12.1 Å². The number of hydrogen-bond acceptors (Lipinski definition) is 4. The first kappa shape index (κ1) is 20.1. The topological polar surface area (TPSA) is 48.4 Å². The molecule has 28 heavy (non-hydrogen) atoms. The van der Waals surface area contributed by atoms with Crippen molar-refractivity contribution in [2.45, 2.75) is 13.1 Å². The van der Waals surface area contributed by atoms with Crippen LogP contribution in [-0.2, 0) is 10.9 Å². The second kappa shape index (κ2) is 7.43. The van der Waals surface area contributed by atoms with Crippen LogP contribution in [0.25, 0.3) is 22.2 Å². The van der Waals surface area contributed by atoms with Crippen LogP contribution >= 0.6 is 15.9 Å². The highest BCUT2D eigenvalue weighted by Gasteiger charge is 2.31. The van der Waals surface area contributed by atoms with Crippen molar-refractivity contribution >= 4 is 32.8 Å². The zero-order valence-corrected chi connectivity index (χ0v) is 16.7. The standard InChI is InChI=1S/C20H15BrF3NO3/c1-10-16(19(26)28-3)17-14(21)8-13(27-2)9-15(17)25-18(10)11-5-4-6-12(7-11)20(22,23)24/h4-9H,1-3H3. The van der Waals surface area contributed by atoms with Gasteiger partial charge in [-0.1, -0.05) is 12.1 Å². The Balaban J connectivity index is 2.38. The van der Waals surface area contributed by atoms with Crippen molar-refractivity contribution in [3.63, 3.8) is 0 Å². The lowest BCUT2D eigenvalue weighted by Gasteiger charge is -2.16. The Morgan fingerprint density at radius 2 is 1.86 bits per heavy atom. The smallest absolute Gasteiger partial charge is 0.416 e. The summed E-state index contributed by atoms with van der Waals surface area (Å²) in [5, 5.41) is 0.501. The molecule has 1 heterocycles. The Hall–Kier alpha value is -2.61. The van der Waals surface area contributed by atoms with E-state index in [0.29, 0.717) is 26.7 Å². The fourth-order valence-corrected chi connectivity index (χ4v) is 3.64. The maximum absolute atomic E-state index is 13.1. The Morgan fingerprint density at radius 1 is 1.14 bits per heavy atom. The number of methoxy groups -OCH3 is 2.